The van der Waals surface area contributed by atoms with E-state index < -0.39 is 0 Å². The molecule has 0 saturated carbocycles. The fourth-order valence-electron chi connectivity index (χ4n) is 5.29. The lowest BCUT2D eigenvalue weighted by molar-refractivity contribution is 0.0900. The first-order valence-electron chi connectivity index (χ1n) is 12.2. The summed E-state index contributed by atoms with van der Waals surface area (Å²) in [7, 11) is 2.04. The number of piperidine rings is 1. The van der Waals surface area contributed by atoms with Crippen molar-refractivity contribution in [2.24, 2.45) is 7.05 Å². The number of benzene rings is 2. The van der Waals surface area contributed by atoms with Crippen molar-refractivity contribution in [3.63, 3.8) is 0 Å². The minimum atomic E-state index is 0.0722. The molecular weight excluding hydrogens is 408 g/mol. The predicted molar refractivity (Wildman–Crippen MR) is 132 cm³/mol. The molecule has 2 aliphatic rings. The third-order valence-electron chi connectivity index (χ3n) is 7.16. The van der Waals surface area contributed by atoms with Gasteiger partial charge in [0.15, 0.2) is 0 Å². The molecule has 0 radical (unpaired) electrons. The van der Waals surface area contributed by atoms with E-state index in [2.05, 4.69) is 86.4 Å². The lowest BCUT2D eigenvalue weighted by Crippen LogP contribution is -2.44. The number of hydrogen-bond donors (Lipinski definition) is 1. The first kappa shape index (κ1) is 21.9. The Morgan fingerprint density at radius 3 is 2.12 bits per heavy atom. The van der Waals surface area contributed by atoms with Gasteiger partial charge in [0.05, 0.1) is 0 Å². The van der Waals surface area contributed by atoms with Crippen molar-refractivity contribution in [2.75, 3.05) is 19.6 Å². The maximum Gasteiger partial charge on any atom is 0.268 e. The summed E-state index contributed by atoms with van der Waals surface area (Å²) in [5.74, 6) is 0.0722. The Morgan fingerprint density at radius 2 is 1.48 bits per heavy atom. The van der Waals surface area contributed by atoms with Crippen molar-refractivity contribution in [1.82, 2.24) is 19.7 Å². The molecule has 5 heteroatoms. The van der Waals surface area contributed by atoms with E-state index >= 15 is 0 Å². The van der Waals surface area contributed by atoms with Crippen LogP contribution < -0.4 is 5.32 Å². The quantitative estimate of drug-likeness (QED) is 0.628. The van der Waals surface area contributed by atoms with E-state index in [1.807, 2.05) is 7.05 Å². The maximum atomic E-state index is 13.1. The van der Waals surface area contributed by atoms with Gasteiger partial charge in [0.25, 0.3) is 5.91 Å². The molecule has 0 bridgehead atoms. The summed E-state index contributed by atoms with van der Waals surface area (Å²) in [6, 6.07) is 23.6. The number of rotatable bonds is 6. The molecule has 0 aliphatic carbocycles. The lowest BCUT2D eigenvalue weighted by Gasteiger charge is -2.32. The number of nitrogens with zero attached hydrogens (tertiary/aromatic N) is 3. The molecule has 1 amide bonds. The number of nitrogens with one attached hydrogen (secondary N) is 1. The van der Waals surface area contributed by atoms with Gasteiger partial charge in [0.2, 0.25) is 0 Å². The van der Waals surface area contributed by atoms with Crippen LogP contribution in [0.1, 0.15) is 45.7 Å². The van der Waals surface area contributed by atoms with Crippen molar-refractivity contribution in [2.45, 2.75) is 44.9 Å². The molecule has 1 aromatic heterocycles. The standard InChI is InChI=1S/C28H34N4O/c1-30-26-14-17-32(20-23-10-6-3-7-11-23)21-24(26)18-27(30)28(33)29-25-12-15-31(16-13-25)19-22-8-4-2-5-9-22/h2-11,18,25H,12-17,19-21H2,1H3,(H,29,33). The number of hydrogen-bond acceptors (Lipinski definition) is 3. The third kappa shape index (κ3) is 5.21. The molecule has 1 N–H and O–H groups in total. The van der Waals surface area contributed by atoms with Crippen LogP contribution in [0.3, 0.4) is 0 Å². The summed E-state index contributed by atoms with van der Waals surface area (Å²) in [5, 5.41) is 3.32. The Bertz CT molecular complexity index is 1070. The average Bonchev–Trinajstić information content (AvgIpc) is 3.17. The van der Waals surface area contributed by atoms with Crippen molar-refractivity contribution in [3.8, 4) is 0 Å². The zero-order chi connectivity index (χ0) is 22.6. The summed E-state index contributed by atoms with van der Waals surface area (Å²) < 4.78 is 2.12. The van der Waals surface area contributed by atoms with E-state index in [0.717, 1.165) is 64.2 Å². The average molecular weight is 443 g/mol. The second-order valence-electron chi connectivity index (χ2n) is 9.52. The number of fused-ring (bicyclic) bond motifs is 1. The van der Waals surface area contributed by atoms with Gasteiger partial charge in [-0.1, -0.05) is 60.7 Å². The van der Waals surface area contributed by atoms with Crippen molar-refractivity contribution >= 4 is 5.91 Å². The Balaban J connectivity index is 1.16. The molecule has 5 nitrogen and oxygen atoms in total. The minimum Gasteiger partial charge on any atom is -0.348 e. The third-order valence-corrected chi connectivity index (χ3v) is 7.16. The predicted octanol–water partition coefficient (Wildman–Crippen LogP) is 3.98. The number of carbonyl (C=O) groups excluding carboxylic acids is 1. The van der Waals surface area contributed by atoms with Gasteiger partial charge in [0.1, 0.15) is 5.69 Å². The molecule has 3 aromatic rings. The molecule has 1 saturated heterocycles. The fourth-order valence-corrected chi connectivity index (χ4v) is 5.29. The van der Waals surface area contributed by atoms with Gasteiger partial charge >= 0.3 is 0 Å². The van der Waals surface area contributed by atoms with Gasteiger partial charge in [-0.2, -0.15) is 0 Å². The molecule has 1 fully saturated rings. The Kier molecular flexibility index (Phi) is 6.60. The molecule has 0 atom stereocenters. The normalized spacial score (nSPS) is 17.6. The van der Waals surface area contributed by atoms with Gasteiger partial charge in [0, 0.05) is 64.5 Å². The molecule has 0 spiro atoms. The molecule has 172 valence electrons. The fraction of sp³-hybridized carbons (Fsp3) is 0.393. The van der Waals surface area contributed by atoms with Gasteiger partial charge < -0.3 is 9.88 Å². The maximum absolute atomic E-state index is 13.1. The zero-order valence-electron chi connectivity index (χ0n) is 19.5. The molecule has 2 aromatic carbocycles. The zero-order valence-corrected chi connectivity index (χ0v) is 19.5. The van der Waals surface area contributed by atoms with E-state index in [-0.39, 0.29) is 11.9 Å². The first-order valence-corrected chi connectivity index (χ1v) is 12.2. The molecule has 33 heavy (non-hydrogen) atoms. The molecule has 5 rings (SSSR count). The highest BCUT2D eigenvalue weighted by molar-refractivity contribution is 5.93. The molecule has 2 aliphatic heterocycles. The van der Waals surface area contributed by atoms with Crippen LogP contribution in [0.2, 0.25) is 0 Å². The number of aromatic nitrogens is 1. The summed E-state index contributed by atoms with van der Waals surface area (Å²) >= 11 is 0. The highest BCUT2D eigenvalue weighted by Crippen LogP contribution is 2.24. The second kappa shape index (κ2) is 9.94. The minimum absolute atomic E-state index is 0.0722. The van der Waals surface area contributed by atoms with Gasteiger partial charge in [-0.15, -0.1) is 0 Å². The van der Waals surface area contributed by atoms with E-state index in [0.29, 0.717) is 0 Å². The van der Waals surface area contributed by atoms with Crippen LogP contribution in [-0.2, 0) is 33.1 Å². The SMILES string of the molecule is Cn1c(C(=O)NC2CCN(Cc3ccccc3)CC2)cc2c1CCN(Cc1ccccc1)C2. The van der Waals surface area contributed by atoms with Crippen molar-refractivity contribution in [3.05, 3.63) is 94.8 Å². The van der Waals surface area contributed by atoms with E-state index in [9.17, 15) is 4.79 Å². The summed E-state index contributed by atoms with van der Waals surface area (Å²) in [6.07, 6.45) is 3.00. The number of likely N-dealkylation sites (tertiary alicyclic amines) is 1. The smallest absolute Gasteiger partial charge is 0.268 e. The summed E-state index contributed by atoms with van der Waals surface area (Å²) in [6.45, 7) is 5.93. The van der Waals surface area contributed by atoms with Crippen LogP contribution in [0, 0.1) is 0 Å². The van der Waals surface area contributed by atoms with Crippen molar-refractivity contribution < 1.29 is 4.79 Å². The Morgan fingerprint density at radius 1 is 0.879 bits per heavy atom. The molecular formula is C28H34N4O. The highest BCUT2D eigenvalue weighted by atomic mass is 16.2. The van der Waals surface area contributed by atoms with Gasteiger partial charge in [-0.05, 0) is 35.6 Å². The van der Waals surface area contributed by atoms with Crippen LogP contribution in [0.15, 0.2) is 66.7 Å². The largest absolute Gasteiger partial charge is 0.348 e. The Labute approximate surface area is 197 Å². The second-order valence-corrected chi connectivity index (χ2v) is 9.52. The van der Waals surface area contributed by atoms with Gasteiger partial charge in [-0.25, -0.2) is 0 Å². The highest BCUT2D eigenvalue weighted by Gasteiger charge is 2.26. The van der Waals surface area contributed by atoms with Crippen LogP contribution >= 0.6 is 0 Å². The Hall–Kier alpha value is -2.89. The summed E-state index contributed by atoms with van der Waals surface area (Å²) in [5.41, 5.74) is 6.10. The van der Waals surface area contributed by atoms with Crippen LogP contribution in [0.4, 0.5) is 0 Å². The monoisotopic (exact) mass is 442 g/mol. The van der Waals surface area contributed by atoms with Crippen LogP contribution in [0.25, 0.3) is 0 Å². The summed E-state index contributed by atoms with van der Waals surface area (Å²) in [4.78, 5) is 18.1. The number of carbonyl (C=O) groups is 1. The van der Waals surface area contributed by atoms with Crippen LogP contribution in [0.5, 0.6) is 0 Å². The van der Waals surface area contributed by atoms with Crippen molar-refractivity contribution in [1.29, 1.82) is 0 Å². The van der Waals surface area contributed by atoms with Gasteiger partial charge in [-0.3, -0.25) is 14.6 Å². The lowest BCUT2D eigenvalue weighted by atomic mass is 10.0. The molecule has 0 unspecified atom stereocenters. The topological polar surface area (TPSA) is 40.5 Å². The number of amides is 1. The van der Waals surface area contributed by atoms with E-state index in [1.165, 1.54) is 22.4 Å². The molecule has 3 heterocycles. The first-order chi connectivity index (χ1) is 16.2. The van der Waals surface area contributed by atoms with E-state index in [4.69, 9.17) is 0 Å². The van der Waals surface area contributed by atoms with E-state index in [1.54, 1.807) is 0 Å². The van der Waals surface area contributed by atoms with Crippen LogP contribution in [-0.4, -0.2) is 46.0 Å².